The molecule has 32 heavy (non-hydrogen) atoms. The average molecular weight is 447 g/mol. The number of hydrogen-bond acceptors (Lipinski definition) is 4. The lowest BCUT2D eigenvalue weighted by molar-refractivity contribution is -0.109. The van der Waals surface area contributed by atoms with Gasteiger partial charge in [0.1, 0.15) is 6.61 Å². The van der Waals surface area contributed by atoms with E-state index >= 15 is 0 Å². The fraction of sp³-hybridized carbons (Fsp3) is 0.231. The quantitative estimate of drug-likeness (QED) is 0.448. The van der Waals surface area contributed by atoms with Gasteiger partial charge in [-0.1, -0.05) is 78.9 Å². The van der Waals surface area contributed by atoms with Crippen LogP contribution in [0.5, 0.6) is 0 Å². The normalized spacial score (nSPS) is 13.0. The molecule has 1 aliphatic carbocycles. The lowest BCUT2D eigenvalue weighted by Crippen LogP contribution is -2.44. The van der Waals surface area contributed by atoms with Crippen LogP contribution in [0, 0.1) is 0 Å². The number of thioether (sulfide) groups is 1. The molecular weight excluding hydrogens is 420 g/mol. The van der Waals surface area contributed by atoms with Gasteiger partial charge in [-0.15, -0.1) is 0 Å². The molecule has 0 aromatic heterocycles. The summed E-state index contributed by atoms with van der Waals surface area (Å²) >= 11 is 1.71. The number of alkyl carbamates (subject to hydrolysis) is 1. The van der Waals surface area contributed by atoms with E-state index in [-0.39, 0.29) is 18.6 Å². The summed E-state index contributed by atoms with van der Waals surface area (Å²) < 4.78 is 5.64. The van der Waals surface area contributed by atoms with Crippen LogP contribution in [-0.4, -0.2) is 37.4 Å². The zero-order chi connectivity index (χ0) is 22.2. The third-order valence-electron chi connectivity index (χ3n) is 5.54. The average Bonchev–Trinajstić information content (AvgIpc) is 3.15. The number of benzene rings is 3. The molecule has 3 aromatic carbocycles. The van der Waals surface area contributed by atoms with Crippen molar-refractivity contribution >= 4 is 24.3 Å². The minimum Gasteiger partial charge on any atom is -0.449 e. The number of hydrogen-bond donors (Lipinski definition) is 2. The first-order valence-corrected chi connectivity index (χ1v) is 11.8. The fourth-order valence-electron chi connectivity index (χ4n) is 4.04. The van der Waals surface area contributed by atoms with Gasteiger partial charge in [0.25, 0.3) is 0 Å². The molecule has 0 fully saturated rings. The Hall–Kier alpha value is -3.25. The van der Waals surface area contributed by atoms with Crippen LogP contribution >= 0.6 is 11.8 Å². The number of ether oxygens (including phenoxy) is 1. The number of carbonyl (C=O) groups is 2. The van der Waals surface area contributed by atoms with E-state index in [1.165, 1.54) is 27.8 Å². The van der Waals surface area contributed by atoms with E-state index in [9.17, 15) is 9.59 Å². The summed E-state index contributed by atoms with van der Waals surface area (Å²) in [4.78, 5) is 23.3. The molecule has 1 atom stereocenters. The maximum absolute atomic E-state index is 12.6. The van der Waals surface area contributed by atoms with Crippen molar-refractivity contribution < 1.29 is 14.3 Å². The van der Waals surface area contributed by atoms with Gasteiger partial charge in [0.15, 0.2) is 0 Å². The highest BCUT2D eigenvalue weighted by molar-refractivity contribution is 7.98. The zero-order valence-corrected chi connectivity index (χ0v) is 18.5. The lowest BCUT2D eigenvalue weighted by Gasteiger charge is -2.19. The third-order valence-corrected chi connectivity index (χ3v) is 6.72. The van der Waals surface area contributed by atoms with Crippen molar-refractivity contribution in [1.29, 1.82) is 0 Å². The van der Waals surface area contributed by atoms with E-state index in [4.69, 9.17) is 4.74 Å². The Bertz CT molecular complexity index is 1010. The predicted octanol–water partition coefficient (Wildman–Crippen LogP) is 4.57. The van der Waals surface area contributed by atoms with E-state index in [2.05, 4.69) is 47.0 Å². The number of carbonyl (C=O) groups excluding carboxylic acids is 2. The van der Waals surface area contributed by atoms with Gasteiger partial charge in [0.2, 0.25) is 6.41 Å². The summed E-state index contributed by atoms with van der Waals surface area (Å²) in [6.45, 7) is 0.625. The van der Waals surface area contributed by atoms with Gasteiger partial charge in [-0.3, -0.25) is 4.79 Å². The molecule has 1 aliphatic rings. The van der Waals surface area contributed by atoms with Gasteiger partial charge in [-0.25, -0.2) is 4.79 Å². The molecule has 0 spiro atoms. The predicted molar refractivity (Wildman–Crippen MR) is 129 cm³/mol. The number of rotatable bonds is 10. The third kappa shape index (κ3) is 5.32. The van der Waals surface area contributed by atoms with Crippen molar-refractivity contribution in [2.45, 2.75) is 17.7 Å². The Kier molecular flexibility index (Phi) is 7.46. The van der Waals surface area contributed by atoms with Crippen molar-refractivity contribution in [3.8, 4) is 11.1 Å². The second-order valence-corrected chi connectivity index (χ2v) is 8.72. The molecule has 2 amide bonds. The lowest BCUT2D eigenvalue weighted by atomic mass is 9.98. The maximum atomic E-state index is 12.6. The van der Waals surface area contributed by atoms with Crippen molar-refractivity contribution in [1.82, 2.24) is 10.6 Å². The molecule has 0 saturated carbocycles. The van der Waals surface area contributed by atoms with Crippen molar-refractivity contribution in [3.63, 3.8) is 0 Å². The van der Waals surface area contributed by atoms with Crippen LogP contribution in [0.2, 0.25) is 0 Å². The maximum Gasteiger partial charge on any atom is 0.407 e. The molecule has 2 N–H and O–H groups in total. The van der Waals surface area contributed by atoms with Crippen LogP contribution in [-0.2, 0) is 15.3 Å². The van der Waals surface area contributed by atoms with Crippen LogP contribution in [0.25, 0.3) is 11.1 Å². The molecule has 0 unspecified atom stereocenters. The summed E-state index contributed by atoms with van der Waals surface area (Å²) in [6, 6.07) is 26.4. The largest absolute Gasteiger partial charge is 0.449 e. The summed E-state index contributed by atoms with van der Waals surface area (Å²) in [5.41, 5.74) is 5.98. The standard InChI is InChI=1S/C26H26N2O3S/c29-18-27-14-20(17-32-16-19-8-2-1-3-9-19)28-26(30)31-15-25-23-12-6-4-10-21(23)22-11-5-7-13-24(22)25/h1-13,18,20,25H,14-17H2,(H,27,29)(H,28,30)/t20-/m1/s1. The van der Waals surface area contributed by atoms with Crippen molar-refractivity contribution in [2.24, 2.45) is 0 Å². The molecule has 0 bridgehead atoms. The van der Waals surface area contributed by atoms with Crippen LogP contribution < -0.4 is 10.6 Å². The van der Waals surface area contributed by atoms with Crippen LogP contribution in [0.4, 0.5) is 4.79 Å². The number of nitrogens with one attached hydrogen (secondary N) is 2. The number of amides is 2. The monoisotopic (exact) mass is 446 g/mol. The molecule has 0 saturated heterocycles. The van der Waals surface area contributed by atoms with Crippen LogP contribution in [0.3, 0.4) is 0 Å². The van der Waals surface area contributed by atoms with Gasteiger partial charge in [-0.2, -0.15) is 11.8 Å². The molecule has 0 aliphatic heterocycles. The molecular formula is C26H26N2O3S. The SMILES string of the molecule is O=CNC[C@H](CSCc1ccccc1)NC(=O)OCC1c2ccccc2-c2ccccc21. The van der Waals surface area contributed by atoms with Crippen LogP contribution in [0.15, 0.2) is 78.9 Å². The molecule has 6 heteroatoms. The first-order valence-electron chi connectivity index (χ1n) is 10.7. The van der Waals surface area contributed by atoms with Gasteiger partial charge in [0, 0.05) is 24.0 Å². The Labute approximate surface area is 192 Å². The Balaban J connectivity index is 1.33. The van der Waals surface area contributed by atoms with Crippen molar-refractivity contribution in [2.75, 3.05) is 18.9 Å². The first-order chi connectivity index (χ1) is 15.8. The highest BCUT2D eigenvalue weighted by Crippen LogP contribution is 2.44. The molecule has 0 heterocycles. The molecule has 3 aromatic rings. The molecule has 5 nitrogen and oxygen atoms in total. The van der Waals surface area contributed by atoms with Gasteiger partial charge >= 0.3 is 6.09 Å². The van der Waals surface area contributed by atoms with Crippen molar-refractivity contribution in [3.05, 3.63) is 95.6 Å². The van der Waals surface area contributed by atoms with Gasteiger partial charge in [0.05, 0.1) is 6.04 Å². The zero-order valence-electron chi connectivity index (χ0n) is 17.7. The highest BCUT2D eigenvalue weighted by atomic mass is 32.2. The second kappa shape index (κ2) is 10.9. The van der Waals surface area contributed by atoms with Gasteiger partial charge in [-0.05, 0) is 27.8 Å². The summed E-state index contributed by atoms with van der Waals surface area (Å²) in [7, 11) is 0. The van der Waals surface area contributed by atoms with E-state index in [0.29, 0.717) is 18.7 Å². The minimum atomic E-state index is -0.468. The number of fused-ring (bicyclic) bond motifs is 3. The summed E-state index contributed by atoms with van der Waals surface area (Å²) in [5, 5.41) is 5.57. The Morgan fingerprint density at radius 2 is 1.56 bits per heavy atom. The first kappa shape index (κ1) is 22.0. The van der Waals surface area contributed by atoms with Crippen LogP contribution in [0.1, 0.15) is 22.6 Å². The molecule has 164 valence electrons. The molecule has 0 radical (unpaired) electrons. The highest BCUT2D eigenvalue weighted by Gasteiger charge is 2.29. The minimum absolute atomic E-state index is 0.0205. The van der Waals surface area contributed by atoms with E-state index < -0.39 is 6.09 Å². The van der Waals surface area contributed by atoms with E-state index in [0.717, 1.165) is 5.75 Å². The summed E-state index contributed by atoms with van der Waals surface area (Å²) in [5.74, 6) is 1.53. The Morgan fingerprint density at radius 1 is 0.938 bits per heavy atom. The smallest absolute Gasteiger partial charge is 0.407 e. The van der Waals surface area contributed by atoms with E-state index in [1.54, 1.807) is 11.8 Å². The molecule has 4 rings (SSSR count). The summed E-state index contributed by atoms with van der Waals surface area (Å²) in [6.07, 6.45) is 0.179. The Morgan fingerprint density at radius 3 is 2.22 bits per heavy atom. The topological polar surface area (TPSA) is 67.4 Å². The second-order valence-electron chi connectivity index (χ2n) is 7.69. The fourth-order valence-corrected chi connectivity index (χ4v) is 5.07. The van der Waals surface area contributed by atoms with E-state index in [1.807, 2.05) is 42.5 Å². The van der Waals surface area contributed by atoms with Gasteiger partial charge < -0.3 is 15.4 Å².